The Morgan fingerprint density at radius 3 is 2.93 bits per heavy atom. The number of nitrogens with one attached hydrogen (secondary N) is 1. The van der Waals surface area contributed by atoms with Crippen molar-refractivity contribution in [3.8, 4) is 0 Å². The van der Waals surface area contributed by atoms with Gasteiger partial charge in [0.1, 0.15) is 5.88 Å². The first-order valence-corrected chi connectivity index (χ1v) is 5.05. The van der Waals surface area contributed by atoms with Gasteiger partial charge in [-0.1, -0.05) is 0 Å². The van der Waals surface area contributed by atoms with Crippen molar-refractivity contribution in [2.24, 2.45) is 5.73 Å². The first-order chi connectivity index (χ1) is 6.61. The van der Waals surface area contributed by atoms with Gasteiger partial charge in [0, 0.05) is 11.1 Å². The zero-order valence-electron chi connectivity index (χ0n) is 7.12. The van der Waals surface area contributed by atoms with Gasteiger partial charge in [0.2, 0.25) is 11.8 Å². The Hall–Kier alpha value is -1.14. The average Bonchev–Trinajstić information content (AvgIpc) is 2.51. The Bertz CT molecular complexity index is 352. The molecule has 1 aromatic heterocycles. The van der Waals surface area contributed by atoms with E-state index < -0.39 is 5.91 Å². The third-order valence-corrected chi connectivity index (χ3v) is 2.43. The van der Waals surface area contributed by atoms with E-state index in [9.17, 15) is 9.59 Å². The molecule has 0 saturated carbocycles. The molecular weight excluding hydrogens is 226 g/mol. The zero-order valence-corrected chi connectivity index (χ0v) is 8.69. The normalized spacial score (nSPS) is 9.79. The summed E-state index contributed by atoms with van der Waals surface area (Å²) in [4.78, 5) is 26.0. The van der Waals surface area contributed by atoms with Crippen molar-refractivity contribution in [1.82, 2.24) is 4.98 Å². The second-order valence-electron chi connectivity index (χ2n) is 2.46. The molecule has 0 bridgehead atoms. The number of primary amides is 1. The number of carbonyl (C=O) groups is 2. The fourth-order valence-corrected chi connectivity index (χ4v) is 1.68. The molecule has 0 aliphatic heterocycles. The number of aromatic nitrogens is 1. The van der Waals surface area contributed by atoms with E-state index in [1.807, 2.05) is 0 Å². The maximum Gasteiger partial charge on any atom is 0.241 e. The molecule has 0 radical (unpaired) electrons. The molecule has 0 saturated heterocycles. The number of anilines is 1. The quantitative estimate of drug-likeness (QED) is 0.736. The van der Waals surface area contributed by atoms with Crippen LogP contribution < -0.4 is 11.1 Å². The van der Waals surface area contributed by atoms with E-state index in [-0.39, 0.29) is 18.2 Å². The summed E-state index contributed by atoms with van der Waals surface area (Å²) in [5.74, 6) is -0.874. The summed E-state index contributed by atoms with van der Waals surface area (Å²) < 4.78 is 0. The largest absolute Gasteiger partial charge is 0.369 e. The van der Waals surface area contributed by atoms with Crippen LogP contribution in [0.25, 0.3) is 0 Å². The number of carbonyl (C=O) groups excluding carboxylic acids is 2. The molecule has 0 aromatic carbocycles. The van der Waals surface area contributed by atoms with Gasteiger partial charge < -0.3 is 11.1 Å². The van der Waals surface area contributed by atoms with Gasteiger partial charge in [-0.15, -0.1) is 22.9 Å². The summed E-state index contributed by atoms with van der Waals surface area (Å²) in [5, 5.41) is 2.89. The first kappa shape index (κ1) is 10.9. The lowest BCUT2D eigenvalue weighted by Gasteiger charge is -1.94. The van der Waals surface area contributed by atoms with Gasteiger partial charge in [0.15, 0.2) is 5.13 Å². The Balaban J connectivity index is 2.59. The number of rotatable bonds is 4. The number of nitrogens with two attached hydrogens (primary N) is 1. The molecule has 3 N–H and O–H groups in total. The van der Waals surface area contributed by atoms with E-state index in [1.165, 1.54) is 17.5 Å². The van der Waals surface area contributed by atoms with Gasteiger partial charge in [-0.2, -0.15) is 0 Å². The van der Waals surface area contributed by atoms with Crippen LogP contribution in [-0.2, 0) is 16.0 Å². The second kappa shape index (κ2) is 4.92. The molecule has 1 aromatic rings. The third-order valence-electron chi connectivity index (χ3n) is 1.27. The molecule has 0 unspecified atom stereocenters. The van der Waals surface area contributed by atoms with Gasteiger partial charge in [-0.3, -0.25) is 9.59 Å². The number of nitrogens with zero attached hydrogens (tertiary/aromatic N) is 1. The summed E-state index contributed by atoms with van der Waals surface area (Å²) in [6.07, 6.45) is 1.63. The maximum atomic E-state index is 10.8. The number of hydrogen-bond donors (Lipinski definition) is 2. The molecule has 0 aliphatic carbocycles. The van der Waals surface area contributed by atoms with E-state index >= 15 is 0 Å². The summed E-state index contributed by atoms with van der Waals surface area (Å²) in [6.45, 7) is 0. The van der Waals surface area contributed by atoms with Crippen LogP contribution in [0.4, 0.5) is 5.13 Å². The molecular formula is C7H8ClN3O2S. The van der Waals surface area contributed by atoms with Crippen molar-refractivity contribution < 1.29 is 9.59 Å². The topological polar surface area (TPSA) is 85.1 Å². The van der Waals surface area contributed by atoms with Gasteiger partial charge >= 0.3 is 0 Å². The molecule has 1 heterocycles. The van der Waals surface area contributed by atoms with Crippen molar-refractivity contribution in [3.05, 3.63) is 11.1 Å². The first-order valence-electron chi connectivity index (χ1n) is 3.70. The molecule has 7 heteroatoms. The number of hydrogen-bond acceptors (Lipinski definition) is 4. The van der Waals surface area contributed by atoms with E-state index in [1.54, 1.807) is 0 Å². The maximum absolute atomic E-state index is 10.8. The highest BCUT2D eigenvalue weighted by atomic mass is 35.5. The van der Waals surface area contributed by atoms with Crippen LogP contribution in [0.15, 0.2) is 6.20 Å². The van der Waals surface area contributed by atoms with Crippen molar-refractivity contribution in [2.75, 3.05) is 11.2 Å². The lowest BCUT2D eigenvalue weighted by molar-refractivity contribution is -0.117. The predicted molar refractivity (Wildman–Crippen MR) is 54.4 cm³/mol. The Kier molecular flexibility index (Phi) is 3.84. The fraction of sp³-hybridized carbons (Fsp3) is 0.286. The van der Waals surface area contributed by atoms with Crippen LogP contribution in [-0.4, -0.2) is 22.7 Å². The minimum absolute atomic E-state index is 0.120. The van der Waals surface area contributed by atoms with E-state index in [0.717, 1.165) is 0 Å². The van der Waals surface area contributed by atoms with Crippen LogP contribution in [0.2, 0.25) is 0 Å². The molecule has 0 atom stereocenters. The van der Waals surface area contributed by atoms with Crippen LogP contribution in [0.5, 0.6) is 0 Å². The standard InChI is InChI=1S/C7H8ClN3O2S/c8-2-6(13)11-7-10-3-4(14-7)1-5(9)12/h3H,1-2H2,(H2,9,12)(H,10,11,13). The molecule has 0 fully saturated rings. The Morgan fingerprint density at radius 1 is 1.64 bits per heavy atom. The van der Waals surface area contributed by atoms with Gasteiger partial charge in [0.05, 0.1) is 6.42 Å². The van der Waals surface area contributed by atoms with Crippen LogP contribution in [0.1, 0.15) is 4.88 Å². The van der Waals surface area contributed by atoms with Crippen molar-refractivity contribution in [1.29, 1.82) is 0 Å². The summed E-state index contributed by atoms with van der Waals surface area (Å²) >= 11 is 6.49. The Labute approximate surface area is 89.3 Å². The van der Waals surface area contributed by atoms with Crippen LogP contribution in [0.3, 0.4) is 0 Å². The number of alkyl halides is 1. The molecule has 76 valence electrons. The van der Waals surface area contributed by atoms with Gasteiger partial charge in [-0.05, 0) is 0 Å². The molecule has 5 nitrogen and oxygen atoms in total. The summed E-state index contributed by atoms with van der Waals surface area (Å²) in [7, 11) is 0. The molecule has 0 spiro atoms. The van der Waals surface area contributed by atoms with Crippen molar-refractivity contribution >= 4 is 39.9 Å². The van der Waals surface area contributed by atoms with Gasteiger partial charge in [-0.25, -0.2) is 4.98 Å². The van der Waals surface area contributed by atoms with E-state index in [2.05, 4.69) is 10.3 Å². The third kappa shape index (κ3) is 3.31. The highest BCUT2D eigenvalue weighted by Gasteiger charge is 2.06. The van der Waals surface area contributed by atoms with Crippen LogP contribution in [0, 0.1) is 0 Å². The van der Waals surface area contributed by atoms with E-state index in [4.69, 9.17) is 17.3 Å². The lowest BCUT2D eigenvalue weighted by Crippen LogP contribution is -2.12. The minimum Gasteiger partial charge on any atom is -0.369 e. The Morgan fingerprint density at radius 2 is 2.36 bits per heavy atom. The molecule has 2 amide bonds. The van der Waals surface area contributed by atoms with Crippen molar-refractivity contribution in [3.63, 3.8) is 0 Å². The highest BCUT2D eigenvalue weighted by molar-refractivity contribution is 7.15. The molecule has 0 aliphatic rings. The molecule has 14 heavy (non-hydrogen) atoms. The lowest BCUT2D eigenvalue weighted by atomic mass is 10.4. The van der Waals surface area contributed by atoms with E-state index in [0.29, 0.717) is 10.0 Å². The minimum atomic E-state index is -0.427. The smallest absolute Gasteiger partial charge is 0.241 e. The average molecular weight is 234 g/mol. The number of amides is 2. The number of thiazole rings is 1. The zero-order chi connectivity index (χ0) is 10.6. The molecule has 1 rings (SSSR count). The van der Waals surface area contributed by atoms with Gasteiger partial charge in [0.25, 0.3) is 0 Å². The van der Waals surface area contributed by atoms with Crippen molar-refractivity contribution in [2.45, 2.75) is 6.42 Å². The number of halogens is 1. The second-order valence-corrected chi connectivity index (χ2v) is 3.84. The van der Waals surface area contributed by atoms with Crippen LogP contribution >= 0.6 is 22.9 Å². The SMILES string of the molecule is NC(=O)Cc1cnc(NC(=O)CCl)s1. The summed E-state index contributed by atoms with van der Waals surface area (Å²) in [6, 6.07) is 0. The highest BCUT2D eigenvalue weighted by Crippen LogP contribution is 2.18. The predicted octanol–water partition coefficient (Wildman–Crippen LogP) is 0.348. The fourth-order valence-electron chi connectivity index (χ4n) is 0.771. The summed E-state index contributed by atoms with van der Waals surface area (Å²) in [5.41, 5.74) is 4.99. The monoisotopic (exact) mass is 233 g/mol.